The van der Waals surface area contributed by atoms with E-state index in [0.717, 1.165) is 15.8 Å². The SMILES string of the molecule is CCC(CCC(C)I)C(C)C. The van der Waals surface area contributed by atoms with Gasteiger partial charge in [-0.2, -0.15) is 0 Å². The van der Waals surface area contributed by atoms with Crippen molar-refractivity contribution in [1.82, 2.24) is 0 Å². The zero-order valence-corrected chi connectivity index (χ0v) is 10.4. The molecule has 0 amide bonds. The summed E-state index contributed by atoms with van der Waals surface area (Å²) < 4.78 is 0.848. The van der Waals surface area contributed by atoms with Crippen molar-refractivity contribution in [2.45, 2.75) is 50.9 Å². The molecule has 2 atom stereocenters. The number of alkyl halides is 1. The fraction of sp³-hybridized carbons (Fsp3) is 1.00. The first-order valence-electron chi connectivity index (χ1n) is 4.72. The minimum absolute atomic E-state index is 0.848. The van der Waals surface area contributed by atoms with Gasteiger partial charge in [0.15, 0.2) is 0 Å². The van der Waals surface area contributed by atoms with Crippen molar-refractivity contribution in [2.24, 2.45) is 11.8 Å². The third-order valence-corrected chi connectivity index (χ3v) is 3.03. The first-order chi connectivity index (χ1) is 5.07. The molecule has 0 aromatic heterocycles. The highest BCUT2D eigenvalue weighted by Crippen LogP contribution is 2.22. The van der Waals surface area contributed by atoms with Gasteiger partial charge in [-0.3, -0.25) is 0 Å². The van der Waals surface area contributed by atoms with Crippen molar-refractivity contribution in [3.05, 3.63) is 0 Å². The van der Waals surface area contributed by atoms with E-state index in [1.54, 1.807) is 0 Å². The fourth-order valence-corrected chi connectivity index (χ4v) is 1.81. The molecule has 0 rings (SSSR count). The Morgan fingerprint density at radius 3 is 1.91 bits per heavy atom. The largest absolute Gasteiger partial charge is 0.0829 e. The molecule has 0 spiro atoms. The van der Waals surface area contributed by atoms with Gasteiger partial charge in [0.1, 0.15) is 0 Å². The minimum Gasteiger partial charge on any atom is -0.0829 e. The second kappa shape index (κ2) is 6.27. The van der Waals surface area contributed by atoms with Crippen LogP contribution in [0.5, 0.6) is 0 Å². The zero-order chi connectivity index (χ0) is 8.85. The van der Waals surface area contributed by atoms with Gasteiger partial charge >= 0.3 is 0 Å². The van der Waals surface area contributed by atoms with Gasteiger partial charge < -0.3 is 0 Å². The van der Waals surface area contributed by atoms with E-state index in [0.29, 0.717) is 0 Å². The van der Waals surface area contributed by atoms with Crippen LogP contribution in [-0.2, 0) is 0 Å². The Balaban J connectivity index is 3.52. The molecule has 0 aromatic carbocycles. The quantitative estimate of drug-likeness (QED) is 0.516. The van der Waals surface area contributed by atoms with Crippen LogP contribution in [0.25, 0.3) is 0 Å². The predicted molar refractivity (Wildman–Crippen MR) is 61.3 cm³/mol. The number of halogens is 1. The Morgan fingerprint density at radius 1 is 1.09 bits per heavy atom. The van der Waals surface area contributed by atoms with Crippen LogP contribution in [-0.4, -0.2) is 3.92 Å². The van der Waals surface area contributed by atoms with Gasteiger partial charge in [-0.05, 0) is 24.7 Å². The van der Waals surface area contributed by atoms with Crippen molar-refractivity contribution >= 4 is 22.6 Å². The second-order valence-corrected chi connectivity index (χ2v) is 5.90. The highest BCUT2D eigenvalue weighted by molar-refractivity contribution is 14.1. The smallest absolute Gasteiger partial charge is 0.00814 e. The number of hydrogen-bond acceptors (Lipinski definition) is 0. The van der Waals surface area contributed by atoms with E-state index in [-0.39, 0.29) is 0 Å². The molecule has 0 aliphatic carbocycles. The zero-order valence-electron chi connectivity index (χ0n) is 8.23. The van der Waals surface area contributed by atoms with Crippen LogP contribution in [0, 0.1) is 11.8 Å². The van der Waals surface area contributed by atoms with Crippen molar-refractivity contribution in [3.8, 4) is 0 Å². The van der Waals surface area contributed by atoms with Gasteiger partial charge in [0.05, 0.1) is 0 Å². The molecule has 0 aliphatic rings. The molecule has 11 heavy (non-hydrogen) atoms. The summed E-state index contributed by atoms with van der Waals surface area (Å²) in [7, 11) is 0. The molecular weight excluding hydrogens is 247 g/mol. The molecule has 0 bridgehead atoms. The normalized spacial score (nSPS) is 16.9. The van der Waals surface area contributed by atoms with Gasteiger partial charge in [-0.15, -0.1) is 0 Å². The second-order valence-electron chi connectivity index (χ2n) is 3.77. The molecule has 0 aromatic rings. The summed E-state index contributed by atoms with van der Waals surface area (Å²) >= 11 is 2.52. The first kappa shape index (κ1) is 11.7. The summed E-state index contributed by atoms with van der Waals surface area (Å²) in [5, 5.41) is 0. The van der Waals surface area contributed by atoms with Crippen LogP contribution in [0.15, 0.2) is 0 Å². The topological polar surface area (TPSA) is 0 Å². The molecule has 68 valence electrons. The molecule has 0 saturated heterocycles. The van der Waals surface area contributed by atoms with E-state index in [1.807, 2.05) is 0 Å². The maximum absolute atomic E-state index is 2.52. The lowest BCUT2D eigenvalue weighted by molar-refractivity contribution is 0.342. The average Bonchev–Trinajstić information content (AvgIpc) is 1.87. The first-order valence-corrected chi connectivity index (χ1v) is 5.96. The van der Waals surface area contributed by atoms with Crippen molar-refractivity contribution < 1.29 is 0 Å². The predicted octanol–water partition coefficient (Wildman–Crippen LogP) is 4.27. The fourth-order valence-electron chi connectivity index (χ4n) is 1.45. The van der Waals surface area contributed by atoms with Crippen molar-refractivity contribution in [1.29, 1.82) is 0 Å². The summed E-state index contributed by atoms with van der Waals surface area (Å²) in [6.07, 6.45) is 4.15. The van der Waals surface area contributed by atoms with E-state index in [9.17, 15) is 0 Å². The van der Waals surface area contributed by atoms with Gasteiger partial charge in [-0.25, -0.2) is 0 Å². The summed E-state index contributed by atoms with van der Waals surface area (Å²) in [5.41, 5.74) is 0. The monoisotopic (exact) mass is 268 g/mol. The molecule has 0 saturated carbocycles. The molecule has 0 aliphatic heterocycles. The number of rotatable bonds is 5. The summed E-state index contributed by atoms with van der Waals surface area (Å²) in [6, 6.07) is 0. The van der Waals surface area contributed by atoms with Crippen molar-refractivity contribution in [3.63, 3.8) is 0 Å². The van der Waals surface area contributed by atoms with Crippen LogP contribution < -0.4 is 0 Å². The molecule has 0 nitrogen and oxygen atoms in total. The van der Waals surface area contributed by atoms with Crippen LogP contribution in [0.3, 0.4) is 0 Å². The van der Waals surface area contributed by atoms with Gasteiger partial charge in [0, 0.05) is 3.92 Å². The van der Waals surface area contributed by atoms with E-state index in [4.69, 9.17) is 0 Å². The highest BCUT2D eigenvalue weighted by atomic mass is 127. The Morgan fingerprint density at radius 2 is 1.64 bits per heavy atom. The van der Waals surface area contributed by atoms with Crippen LogP contribution >= 0.6 is 22.6 Å². The third kappa shape index (κ3) is 5.94. The summed E-state index contributed by atoms with van der Waals surface area (Å²) in [5.74, 6) is 1.82. The molecular formula is C10H21I. The van der Waals surface area contributed by atoms with E-state index >= 15 is 0 Å². The average molecular weight is 268 g/mol. The van der Waals surface area contributed by atoms with Crippen LogP contribution in [0.1, 0.15) is 47.0 Å². The third-order valence-electron chi connectivity index (χ3n) is 2.40. The van der Waals surface area contributed by atoms with Gasteiger partial charge in [-0.1, -0.05) is 56.7 Å². The van der Waals surface area contributed by atoms with Crippen LogP contribution in [0.4, 0.5) is 0 Å². The molecule has 0 radical (unpaired) electrons. The van der Waals surface area contributed by atoms with E-state index in [1.165, 1.54) is 19.3 Å². The number of hydrogen-bond donors (Lipinski definition) is 0. The molecule has 1 heteroatoms. The van der Waals surface area contributed by atoms with Crippen molar-refractivity contribution in [2.75, 3.05) is 0 Å². The Kier molecular flexibility index (Phi) is 6.68. The summed E-state index contributed by atoms with van der Waals surface area (Å²) in [4.78, 5) is 0. The lowest BCUT2D eigenvalue weighted by Crippen LogP contribution is -2.08. The highest BCUT2D eigenvalue weighted by Gasteiger charge is 2.11. The lowest BCUT2D eigenvalue weighted by atomic mass is 9.89. The molecule has 0 N–H and O–H groups in total. The maximum atomic E-state index is 2.52. The summed E-state index contributed by atoms with van der Waals surface area (Å²) in [6.45, 7) is 9.29. The Hall–Kier alpha value is 0.730. The molecule has 2 unspecified atom stereocenters. The minimum atomic E-state index is 0.848. The Labute approximate surface area is 85.3 Å². The maximum Gasteiger partial charge on any atom is 0.00814 e. The molecule has 0 heterocycles. The van der Waals surface area contributed by atoms with Gasteiger partial charge in [0.2, 0.25) is 0 Å². The standard InChI is InChI=1S/C10H21I/c1-5-10(8(2)3)7-6-9(4)11/h8-10H,5-7H2,1-4H3. The van der Waals surface area contributed by atoms with E-state index < -0.39 is 0 Å². The molecule has 0 fully saturated rings. The van der Waals surface area contributed by atoms with Crippen LogP contribution in [0.2, 0.25) is 0 Å². The lowest BCUT2D eigenvalue weighted by Gasteiger charge is -2.19. The van der Waals surface area contributed by atoms with E-state index in [2.05, 4.69) is 50.3 Å². The van der Waals surface area contributed by atoms with Gasteiger partial charge in [0.25, 0.3) is 0 Å². The Bertz CT molecular complexity index is 86.9.